The van der Waals surface area contributed by atoms with E-state index in [0.717, 1.165) is 25.3 Å². The van der Waals surface area contributed by atoms with Crippen LogP contribution in [-0.4, -0.2) is 37.0 Å². The van der Waals surface area contributed by atoms with Gasteiger partial charge in [0.05, 0.1) is 0 Å². The largest absolute Gasteiger partial charge is 0.353 e. The monoisotopic (exact) mass is 278 g/mol. The second kappa shape index (κ2) is 6.30. The number of rotatable bonds is 4. The molecule has 0 aromatic carbocycles. The van der Waals surface area contributed by atoms with Gasteiger partial charge in [-0.15, -0.1) is 12.4 Å². The van der Waals surface area contributed by atoms with Crippen molar-refractivity contribution in [1.82, 2.24) is 10.6 Å². The third-order valence-corrected chi connectivity index (χ3v) is 4.74. The molecule has 1 aliphatic heterocycles. The van der Waals surface area contributed by atoms with E-state index in [1.807, 2.05) is 0 Å². The minimum atomic E-state index is 0. The molecule has 1 saturated carbocycles. The summed E-state index contributed by atoms with van der Waals surface area (Å²) < 4.78 is 0. The lowest BCUT2D eigenvalue weighted by molar-refractivity contribution is -0.123. The molecule has 17 heavy (non-hydrogen) atoms. The van der Waals surface area contributed by atoms with E-state index in [-0.39, 0.29) is 12.4 Å². The molecule has 1 aliphatic carbocycles. The molecule has 2 fully saturated rings. The van der Waals surface area contributed by atoms with E-state index >= 15 is 0 Å². The summed E-state index contributed by atoms with van der Waals surface area (Å²) in [6.07, 6.45) is 5.56. The Labute approximate surface area is 114 Å². The number of hydrogen-bond donors (Lipinski definition) is 2. The number of carbonyl (C=O) groups excluding carboxylic acids is 1. The highest BCUT2D eigenvalue weighted by atomic mass is 35.5. The molecule has 0 radical (unpaired) electrons. The molecule has 2 N–H and O–H groups in total. The Morgan fingerprint density at radius 1 is 1.53 bits per heavy atom. The molecule has 0 aromatic heterocycles. The highest BCUT2D eigenvalue weighted by Gasteiger charge is 2.57. The molecule has 1 amide bonds. The first-order valence-electron chi connectivity index (χ1n) is 6.18. The molecule has 0 aromatic rings. The fourth-order valence-electron chi connectivity index (χ4n) is 2.83. The molecular weight excluding hydrogens is 256 g/mol. The van der Waals surface area contributed by atoms with Crippen LogP contribution in [0.25, 0.3) is 0 Å². The third kappa shape index (κ3) is 3.52. The average Bonchev–Trinajstić information content (AvgIpc) is 2.93. The number of piperidine rings is 1. The van der Waals surface area contributed by atoms with E-state index in [9.17, 15) is 4.79 Å². The van der Waals surface area contributed by atoms with Crippen LogP contribution in [0, 0.1) is 11.3 Å². The van der Waals surface area contributed by atoms with Gasteiger partial charge in [-0.3, -0.25) is 4.79 Å². The number of amides is 1. The molecule has 2 rings (SSSR count). The van der Waals surface area contributed by atoms with Crippen LogP contribution in [0.3, 0.4) is 0 Å². The van der Waals surface area contributed by atoms with Gasteiger partial charge in [-0.2, -0.15) is 11.8 Å². The van der Waals surface area contributed by atoms with Crippen molar-refractivity contribution >= 4 is 30.1 Å². The fraction of sp³-hybridized carbons (Fsp3) is 0.917. The minimum absolute atomic E-state index is 0. The van der Waals surface area contributed by atoms with E-state index in [1.165, 1.54) is 12.8 Å². The van der Waals surface area contributed by atoms with Gasteiger partial charge in [0.1, 0.15) is 0 Å². The lowest BCUT2D eigenvalue weighted by Crippen LogP contribution is -2.38. The quantitative estimate of drug-likeness (QED) is 0.822. The summed E-state index contributed by atoms with van der Waals surface area (Å²) in [7, 11) is 0. The van der Waals surface area contributed by atoms with Crippen LogP contribution in [0.4, 0.5) is 0 Å². The summed E-state index contributed by atoms with van der Waals surface area (Å²) in [6, 6.07) is 0.307. The van der Waals surface area contributed by atoms with Gasteiger partial charge in [0.25, 0.3) is 0 Å². The topological polar surface area (TPSA) is 41.1 Å². The molecular formula is C12H23ClN2OS. The number of carbonyl (C=O) groups is 1. The van der Waals surface area contributed by atoms with Gasteiger partial charge in [0.2, 0.25) is 5.91 Å². The number of halogens is 1. The summed E-state index contributed by atoms with van der Waals surface area (Å²) >= 11 is 1.79. The lowest BCUT2D eigenvalue weighted by atomic mass is 9.91. The molecule has 5 heteroatoms. The summed E-state index contributed by atoms with van der Waals surface area (Å²) in [6.45, 7) is 4.26. The highest BCUT2D eigenvalue weighted by Crippen LogP contribution is 2.58. The molecule has 2 atom stereocenters. The molecule has 100 valence electrons. The Kier molecular flexibility index (Phi) is 5.61. The van der Waals surface area contributed by atoms with Gasteiger partial charge in [-0.25, -0.2) is 0 Å². The van der Waals surface area contributed by atoms with Crippen LogP contribution in [-0.2, 0) is 4.79 Å². The van der Waals surface area contributed by atoms with Gasteiger partial charge < -0.3 is 10.6 Å². The predicted octanol–water partition coefficient (Wildman–Crippen LogP) is 1.67. The van der Waals surface area contributed by atoms with E-state index < -0.39 is 0 Å². The normalized spacial score (nSPS) is 27.1. The van der Waals surface area contributed by atoms with Gasteiger partial charge in [0, 0.05) is 17.7 Å². The third-order valence-electron chi connectivity index (χ3n) is 3.91. The van der Waals surface area contributed by atoms with Crippen LogP contribution in [0.2, 0.25) is 0 Å². The van der Waals surface area contributed by atoms with E-state index in [2.05, 4.69) is 23.8 Å². The smallest absolute Gasteiger partial charge is 0.223 e. The van der Waals surface area contributed by atoms with Crippen LogP contribution in [0.5, 0.6) is 0 Å². The van der Waals surface area contributed by atoms with Crippen molar-refractivity contribution in [3.8, 4) is 0 Å². The SMILES string of the molecule is CSCC(C)NC(=O)C1CC12CCNCC2.Cl. The second-order valence-electron chi connectivity index (χ2n) is 5.23. The zero-order valence-corrected chi connectivity index (χ0v) is 12.3. The maximum absolute atomic E-state index is 12.0. The van der Waals surface area contributed by atoms with Crippen LogP contribution in [0.1, 0.15) is 26.2 Å². The molecule has 2 aliphatic rings. The van der Waals surface area contributed by atoms with Crippen molar-refractivity contribution in [2.45, 2.75) is 32.2 Å². The fourth-order valence-corrected chi connectivity index (χ4v) is 3.41. The zero-order chi connectivity index (χ0) is 11.6. The van der Waals surface area contributed by atoms with Gasteiger partial charge >= 0.3 is 0 Å². The van der Waals surface area contributed by atoms with Crippen molar-refractivity contribution in [3.05, 3.63) is 0 Å². The van der Waals surface area contributed by atoms with Crippen LogP contribution < -0.4 is 10.6 Å². The summed E-state index contributed by atoms with van der Waals surface area (Å²) in [5.41, 5.74) is 0.369. The Bertz CT molecular complexity index is 269. The summed E-state index contributed by atoms with van der Waals surface area (Å²) in [4.78, 5) is 12.0. The van der Waals surface area contributed by atoms with Crippen molar-refractivity contribution in [2.24, 2.45) is 11.3 Å². The average molecular weight is 279 g/mol. The molecule has 0 bridgehead atoms. The van der Waals surface area contributed by atoms with E-state index in [4.69, 9.17) is 0 Å². The van der Waals surface area contributed by atoms with Gasteiger partial charge in [0.15, 0.2) is 0 Å². The maximum atomic E-state index is 12.0. The first-order chi connectivity index (χ1) is 7.68. The van der Waals surface area contributed by atoms with Crippen LogP contribution >= 0.6 is 24.2 Å². The van der Waals surface area contributed by atoms with Crippen LogP contribution in [0.15, 0.2) is 0 Å². The standard InChI is InChI=1S/C12H22N2OS.ClH/c1-9(8-16-2)14-11(15)10-7-12(10)3-5-13-6-4-12;/h9-10,13H,3-8H2,1-2H3,(H,14,15);1H. The van der Waals surface area contributed by atoms with Gasteiger partial charge in [-0.05, 0) is 50.9 Å². The number of hydrogen-bond acceptors (Lipinski definition) is 3. The van der Waals surface area contributed by atoms with Crippen molar-refractivity contribution in [1.29, 1.82) is 0 Å². The molecule has 3 nitrogen and oxygen atoms in total. The summed E-state index contributed by atoms with van der Waals surface area (Å²) in [5, 5.41) is 6.50. The maximum Gasteiger partial charge on any atom is 0.223 e. The molecule has 1 saturated heterocycles. The van der Waals surface area contributed by atoms with E-state index in [0.29, 0.717) is 23.3 Å². The second-order valence-corrected chi connectivity index (χ2v) is 6.14. The summed E-state index contributed by atoms with van der Waals surface area (Å²) in [5.74, 6) is 1.61. The lowest BCUT2D eigenvalue weighted by Gasteiger charge is -2.23. The Hall–Kier alpha value is 0.0700. The molecule has 1 heterocycles. The Balaban J connectivity index is 0.00000144. The van der Waals surface area contributed by atoms with E-state index in [1.54, 1.807) is 11.8 Å². The first kappa shape index (κ1) is 15.1. The minimum Gasteiger partial charge on any atom is -0.353 e. The zero-order valence-electron chi connectivity index (χ0n) is 10.6. The highest BCUT2D eigenvalue weighted by molar-refractivity contribution is 7.98. The Morgan fingerprint density at radius 3 is 2.76 bits per heavy atom. The number of thioether (sulfide) groups is 1. The first-order valence-corrected chi connectivity index (χ1v) is 7.57. The molecule has 2 unspecified atom stereocenters. The number of nitrogens with one attached hydrogen (secondary N) is 2. The van der Waals surface area contributed by atoms with Crippen molar-refractivity contribution in [3.63, 3.8) is 0 Å². The van der Waals surface area contributed by atoms with Crippen molar-refractivity contribution in [2.75, 3.05) is 25.1 Å². The van der Waals surface area contributed by atoms with Gasteiger partial charge in [-0.1, -0.05) is 0 Å². The molecule has 1 spiro atoms. The van der Waals surface area contributed by atoms with Crippen molar-refractivity contribution < 1.29 is 4.79 Å². The Morgan fingerprint density at radius 2 is 2.18 bits per heavy atom. The predicted molar refractivity (Wildman–Crippen MR) is 75.9 cm³/mol.